The van der Waals surface area contributed by atoms with Crippen LogP contribution < -0.4 is 5.73 Å². The molecule has 0 aliphatic heterocycles. The summed E-state index contributed by atoms with van der Waals surface area (Å²) in [7, 11) is 0. The average Bonchev–Trinajstić information content (AvgIpc) is 2.51. The van der Waals surface area contributed by atoms with Gasteiger partial charge in [0.15, 0.2) is 4.34 Å². The molecule has 1 heterocycles. The summed E-state index contributed by atoms with van der Waals surface area (Å²) in [6, 6.07) is 0. The Kier molecular flexibility index (Phi) is 4.31. The van der Waals surface area contributed by atoms with Crippen LogP contribution >= 0.6 is 23.3 Å². The number of aromatic nitrogens is 2. The first kappa shape index (κ1) is 11.9. The molecular formula is C8H15N3OS2. The van der Waals surface area contributed by atoms with E-state index in [1.54, 1.807) is 18.7 Å². The molecule has 0 amide bonds. The molecule has 0 aromatic carbocycles. The maximum absolute atomic E-state index is 9.64. The molecule has 0 saturated heterocycles. The highest BCUT2D eigenvalue weighted by molar-refractivity contribution is 8.00. The molecule has 6 heteroatoms. The minimum atomic E-state index is -0.757. The second-order valence-corrected chi connectivity index (χ2v) is 5.50. The fourth-order valence-corrected chi connectivity index (χ4v) is 2.71. The van der Waals surface area contributed by atoms with Crippen molar-refractivity contribution in [3.05, 3.63) is 5.82 Å². The van der Waals surface area contributed by atoms with E-state index in [4.69, 9.17) is 5.73 Å². The van der Waals surface area contributed by atoms with E-state index in [-0.39, 0.29) is 0 Å². The lowest BCUT2D eigenvalue weighted by molar-refractivity contribution is 0.0665. The Morgan fingerprint density at radius 3 is 2.86 bits per heavy atom. The molecule has 0 radical (unpaired) electrons. The van der Waals surface area contributed by atoms with Crippen LogP contribution in [0.25, 0.3) is 0 Å². The molecule has 1 aromatic heterocycles. The van der Waals surface area contributed by atoms with Crippen LogP contribution in [0.15, 0.2) is 4.34 Å². The summed E-state index contributed by atoms with van der Waals surface area (Å²) in [6.07, 6.45) is 0.673. The number of rotatable bonds is 5. The minimum Gasteiger partial charge on any atom is -0.389 e. The van der Waals surface area contributed by atoms with Gasteiger partial charge in [0.05, 0.1) is 5.60 Å². The van der Waals surface area contributed by atoms with E-state index in [1.807, 2.05) is 6.92 Å². The Bertz CT molecular complexity index is 288. The lowest BCUT2D eigenvalue weighted by atomic mass is 10.1. The number of aryl methyl sites for hydroxylation is 1. The number of hydrogen-bond donors (Lipinski definition) is 2. The fraction of sp³-hybridized carbons (Fsp3) is 0.750. The molecule has 0 spiro atoms. The third-order valence-corrected chi connectivity index (χ3v) is 3.74. The molecule has 0 fully saturated rings. The van der Waals surface area contributed by atoms with Crippen LogP contribution in [0.1, 0.15) is 19.2 Å². The van der Waals surface area contributed by atoms with Crippen LogP contribution in [0.3, 0.4) is 0 Å². The second-order valence-electron chi connectivity index (χ2n) is 3.41. The van der Waals surface area contributed by atoms with Gasteiger partial charge in [-0.15, -0.1) is 0 Å². The molecule has 1 rings (SSSR count). The first-order valence-corrected chi connectivity index (χ1v) is 6.15. The summed E-state index contributed by atoms with van der Waals surface area (Å²) in [4.78, 5) is 4.21. The third-order valence-electron chi connectivity index (χ3n) is 1.81. The standard InChI is InChI=1S/C8H15N3OS2/c1-6-10-7(14-11-6)13-4-3-8(2,12)5-9/h12H,3-5,9H2,1-2H3. The van der Waals surface area contributed by atoms with Crippen LogP contribution in [0.4, 0.5) is 0 Å². The monoisotopic (exact) mass is 233 g/mol. The lowest BCUT2D eigenvalue weighted by Crippen LogP contribution is -2.34. The summed E-state index contributed by atoms with van der Waals surface area (Å²) in [5.41, 5.74) is 4.65. The van der Waals surface area contributed by atoms with Gasteiger partial charge in [0.1, 0.15) is 5.82 Å². The van der Waals surface area contributed by atoms with E-state index in [9.17, 15) is 5.11 Å². The molecule has 1 aromatic rings. The van der Waals surface area contributed by atoms with Crippen molar-refractivity contribution in [3.63, 3.8) is 0 Å². The average molecular weight is 233 g/mol. The molecule has 1 atom stereocenters. The maximum atomic E-state index is 9.64. The van der Waals surface area contributed by atoms with Gasteiger partial charge in [-0.25, -0.2) is 4.98 Å². The van der Waals surface area contributed by atoms with Gasteiger partial charge in [0.25, 0.3) is 0 Å². The van der Waals surface area contributed by atoms with Crippen molar-refractivity contribution in [2.24, 2.45) is 5.73 Å². The molecule has 0 aliphatic carbocycles. The molecule has 4 nitrogen and oxygen atoms in total. The van der Waals surface area contributed by atoms with Crippen LogP contribution in [0.2, 0.25) is 0 Å². The Labute approximate surface area is 92.1 Å². The number of aliphatic hydroxyl groups is 1. The molecular weight excluding hydrogens is 218 g/mol. The van der Waals surface area contributed by atoms with Crippen molar-refractivity contribution in [3.8, 4) is 0 Å². The smallest absolute Gasteiger partial charge is 0.170 e. The van der Waals surface area contributed by atoms with Gasteiger partial charge < -0.3 is 10.8 Å². The van der Waals surface area contributed by atoms with Crippen molar-refractivity contribution in [1.82, 2.24) is 9.36 Å². The van der Waals surface area contributed by atoms with Crippen molar-refractivity contribution < 1.29 is 5.11 Å². The summed E-state index contributed by atoms with van der Waals surface area (Å²) < 4.78 is 5.03. The number of nitrogens with zero attached hydrogens (tertiary/aromatic N) is 2. The zero-order valence-electron chi connectivity index (χ0n) is 8.36. The highest BCUT2D eigenvalue weighted by Gasteiger charge is 2.17. The van der Waals surface area contributed by atoms with Crippen molar-refractivity contribution in [2.45, 2.75) is 30.2 Å². The molecule has 80 valence electrons. The Morgan fingerprint density at radius 1 is 1.64 bits per heavy atom. The van der Waals surface area contributed by atoms with Crippen molar-refractivity contribution >= 4 is 23.3 Å². The van der Waals surface area contributed by atoms with E-state index in [1.165, 1.54) is 11.5 Å². The highest BCUT2D eigenvalue weighted by Crippen LogP contribution is 2.22. The zero-order chi connectivity index (χ0) is 10.6. The summed E-state index contributed by atoms with van der Waals surface area (Å²) in [5, 5.41) is 9.64. The van der Waals surface area contributed by atoms with Gasteiger partial charge in [0.2, 0.25) is 0 Å². The van der Waals surface area contributed by atoms with Gasteiger partial charge in [-0.1, -0.05) is 11.8 Å². The van der Waals surface area contributed by atoms with Gasteiger partial charge >= 0.3 is 0 Å². The second kappa shape index (κ2) is 5.06. The molecule has 3 N–H and O–H groups in total. The SMILES string of the molecule is Cc1nsc(SCCC(C)(O)CN)n1. The van der Waals surface area contributed by atoms with E-state index in [2.05, 4.69) is 9.36 Å². The van der Waals surface area contributed by atoms with Crippen LogP contribution in [-0.4, -0.2) is 32.4 Å². The molecule has 1 unspecified atom stereocenters. The van der Waals surface area contributed by atoms with Gasteiger partial charge in [0, 0.05) is 12.3 Å². The first-order valence-electron chi connectivity index (χ1n) is 4.39. The zero-order valence-corrected chi connectivity index (χ0v) is 9.99. The lowest BCUT2D eigenvalue weighted by Gasteiger charge is -2.19. The normalized spacial score (nSPS) is 15.4. The molecule has 0 bridgehead atoms. The van der Waals surface area contributed by atoms with Crippen LogP contribution in [0.5, 0.6) is 0 Å². The molecule has 0 saturated carbocycles. The van der Waals surface area contributed by atoms with E-state index in [0.29, 0.717) is 13.0 Å². The molecule has 0 aliphatic rings. The highest BCUT2D eigenvalue weighted by atomic mass is 32.2. The summed E-state index contributed by atoms with van der Waals surface area (Å²) in [6.45, 7) is 3.91. The van der Waals surface area contributed by atoms with Crippen molar-refractivity contribution in [2.75, 3.05) is 12.3 Å². The van der Waals surface area contributed by atoms with Crippen LogP contribution in [0, 0.1) is 6.92 Å². The van der Waals surface area contributed by atoms with E-state index >= 15 is 0 Å². The predicted octanol–water partition coefficient (Wildman–Crippen LogP) is 1.04. The van der Waals surface area contributed by atoms with E-state index in [0.717, 1.165) is 15.9 Å². The number of thioether (sulfide) groups is 1. The number of hydrogen-bond acceptors (Lipinski definition) is 6. The largest absolute Gasteiger partial charge is 0.389 e. The maximum Gasteiger partial charge on any atom is 0.170 e. The summed E-state index contributed by atoms with van der Waals surface area (Å²) in [5.74, 6) is 1.63. The van der Waals surface area contributed by atoms with E-state index < -0.39 is 5.60 Å². The Balaban J connectivity index is 2.28. The third kappa shape index (κ3) is 3.91. The number of nitrogens with two attached hydrogens (primary N) is 1. The Hall–Kier alpha value is -0.170. The van der Waals surface area contributed by atoms with Gasteiger partial charge in [-0.2, -0.15) is 4.37 Å². The minimum absolute atomic E-state index is 0.294. The first-order chi connectivity index (χ1) is 6.53. The van der Waals surface area contributed by atoms with Gasteiger partial charge in [-0.05, 0) is 31.8 Å². The Morgan fingerprint density at radius 2 is 2.36 bits per heavy atom. The van der Waals surface area contributed by atoms with Crippen molar-refractivity contribution in [1.29, 1.82) is 0 Å². The summed E-state index contributed by atoms with van der Waals surface area (Å²) >= 11 is 3.01. The fourth-order valence-electron chi connectivity index (χ4n) is 0.797. The quantitative estimate of drug-likeness (QED) is 0.743. The van der Waals surface area contributed by atoms with Gasteiger partial charge in [-0.3, -0.25) is 0 Å². The molecule has 14 heavy (non-hydrogen) atoms. The topological polar surface area (TPSA) is 72.0 Å². The van der Waals surface area contributed by atoms with Crippen LogP contribution in [-0.2, 0) is 0 Å². The predicted molar refractivity (Wildman–Crippen MR) is 59.7 cm³/mol.